The van der Waals surface area contributed by atoms with Crippen molar-refractivity contribution in [3.63, 3.8) is 0 Å². The molecule has 1 amide bonds. The van der Waals surface area contributed by atoms with E-state index in [1.54, 1.807) is 24.3 Å². The number of hydrogen-bond donors (Lipinski definition) is 2. The number of nitrogens with one attached hydrogen (secondary N) is 1. The first-order valence-electron chi connectivity index (χ1n) is 14.7. The largest absolute Gasteiger partial charge is 0.383 e. The van der Waals surface area contributed by atoms with Gasteiger partial charge in [0.15, 0.2) is 10.8 Å². The summed E-state index contributed by atoms with van der Waals surface area (Å²) >= 11 is 8.76. The molecule has 1 aliphatic carbocycles. The molecule has 0 spiro atoms. The average Bonchev–Trinajstić information content (AvgIpc) is 3.43. The summed E-state index contributed by atoms with van der Waals surface area (Å²) in [5.41, 5.74) is 7.02. The van der Waals surface area contributed by atoms with Gasteiger partial charge in [-0.1, -0.05) is 53.7 Å². The van der Waals surface area contributed by atoms with Gasteiger partial charge in [-0.3, -0.25) is 28.5 Å². The van der Waals surface area contributed by atoms with Crippen LogP contribution in [-0.2, 0) is 28.9 Å². The van der Waals surface area contributed by atoms with Gasteiger partial charge in [0.1, 0.15) is 10.6 Å². The lowest BCUT2D eigenvalue weighted by atomic mass is 9.97. The number of ether oxygens (including phenoxy) is 1. The van der Waals surface area contributed by atoms with Crippen LogP contribution >= 0.6 is 34.7 Å². The van der Waals surface area contributed by atoms with Crippen molar-refractivity contribution >= 4 is 62.3 Å². The number of H-pyrrole nitrogens is 1. The molecule has 0 bridgehead atoms. The van der Waals surface area contributed by atoms with E-state index in [2.05, 4.69) is 4.98 Å². The number of thiophene rings is 1. The lowest BCUT2D eigenvalue weighted by molar-refractivity contribution is -0.116. The number of rotatable bonds is 10. The molecule has 11 nitrogen and oxygen atoms in total. The van der Waals surface area contributed by atoms with E-state index >= 15 is 0 Å². The van der Waals surface area contributed by atoms with Crippen molar-refractivity contribution in [2.75, 3.05) is 36.6 Å². The number of aromatic amines is 1. The molecule has 3 aromatic heterocycles. The highest BCUT2D eigenvalue weighted by atomic mass is 35.5. The summed E-state index contributed by atoms with van der Waals surface area (Å²) in [5.74, 6) is -0.808. The molecular weight excluding hydrogens is 648 g/mol. The first kappa shape index (κ1) is 31.8. The van der Waals surface area contributed by atoms with Crippen molar-refractivity contribution in [1.29, 1.82) is 0 Å². The molecule has 0 radical (unpaired) electrons. The lowest BCUT2D eigenvalue weighted by Crippen LogP contribution is -2.43. The Bertz CT molecular complexity index is 2090. The molecule has 0 saturated heterocycles. The number of carbonyl (C=O) groups excluding carboxylic acids is 1. The van der Waals surface area contributed by atoms with Gasteiger partial charge in [-0.05, 0) is 61.1 Å². The number of aromatic nitrogens is 4. The molecule has 2 aromatic carbocycles. The Kier molecular flexibility index (Phi) is 9.45. The number of nitrogens with two attached hydrogens (primary N) is 1. The average molecular weight is 679 g/mol. The number of aryl methyl sites for hydroxylation is 2. The number of benzene rings is 2. The fourth-order valence-corrected chi connectivity index (χ4v) is 7.93. The van der Waals surface area contributed by atoms with Gasteiger partial charge in [0.25, 0.3) is 11.1 Å². The van der Waals surface area contributed by atoms with Crippen LogP contribution < -0.4 is 27.4 Å². The third-order valence-electron chi connectivity index (χ3n) is 7.86. The third-order valence-corrected chi connectivity index (χ3v) is 10.2. The highest BCUT2D eigenvalue weighted by Gasteiger charge is 2.27. The summed E-state index contributed by atoms with van der Waals surface area (Å²) < 4.78 is 7.97. The number of anilines is 2. The monoisotopic (exact) mass is 678 g/mol. The fourth-order valence-electron chi connectivity index (χ4n) is 5.61. The zero-order valence-corrected chi connectivity index (χ0v) is 27.3. The summed E-state index contributed by atoms with van der Waals surface area (Å²) in [5, 5.41) is 1.47. The van der Waals surface area contributed by atoms with Gasteiger partial charge >= 0.3 is 5.69 Å². The molecule has 0 atom stereocenters. The predicted molar refractivity (Wildman–Crippen MR) is 183 cm³/mol. The fraction of sp³-hybridized carbons (Fsp3) is 0.281. The maximum atomic E-state index is 14.1. The number of carbonyl (C=O) groups is 1. The molecule has 0 unspecified atom stereocenters. The van der Waals surface area contributed by atoms with Gasteiger partial charge in [0, 0.05) is 23.6 Å². The summed E-state index contributed by atoms with van der Waals surface area (Å²) in [6.45, 7) is 0.201. The van der Waals surface area contributed by atoms with Gasteiger partial charge in [-0.2, -0.15) is 0 Å². The zero-order valence-electron chi connectivity index (χ0n) is 25.0. The molecule has 46 heavy (non-hydrogen) atoms. The highest BCUT2D eigenvalue weighted by molar-refractivity contribution is 7.99. The first-order valence-corrected chi connectivity index (χ1v) is 16.9. The zero-order chi connectivity index (χ0) is 32.4. The SMILES string of the molecule is COCCN(C(=O)CSc1nc2sc3c(c2c(=O)n1-c1ccc(Cl)cc1)CCCC3)c1c(N)n(Cc2ccccc2)c(=O)[nH]c1=O. The van der Waals surface area contributed by atoms with Crippen LogP contribution in [-0.4, -0.2) is 51.0 Å². The van der Waals surface area contributed by atoms with Crippen LogP contribution in [0.5, 0.6) is 0 Å². The smallest absolute Gasteiger partial charge is 0.330 e. The lowest BCUT2D eigenvalue weighted by Gasteiger charge is -2.24. The Morgan fingerprint density at radius 3 is 2.59 bits per heavy atom. The molecule has 0 saturated carbocycles. The number of fused-ring (bicyclic) bond motifs is 3. The molecular formula is C32H31ClN6O5S2. The van der Waals surface area contributed by atoms with Crippen molar-refractivity contribution in [2.24, 2.45) is 0 Å². The number of halogens is 1. The van der Waals surface area contributed by atoms with Gasteiger partial charge in [0.2, 0.25) is 5.91 Å². The molecule has 238 valence electrons. The van der Waals surface area contributed by atoms with E-state index in [9.17, 15) is 19.2 Å². The second-order valence-electron chi connectivity index (χ2n) is 10.8. The summed E-state index contributed by atoms with van der Waals surface area (Å²) in [7, 11) is 1.48. The Labute approximate surface area is 276 Å². The first-order chi connectivity index (χ1) is 22.3. The number of nitrogen functional groups attached to an aromatic ring is 1. The molecule has 3 N–H and O–H groups in total. The van der Waals surface area contributed by atoms with Crippen LogP contribution in [0.3, 0.4) is 0 Å². The predicted octanol–water partition coefficient (Wildman–Crippen LogP) is 4.23. The molecule has 3 heterocycles. The van der Waals surface area contributed by atoms with Crippen LogP contribution in [0.2, 0.25) is 5.02 Å². The van der Waals surface area contributed by atoms with Gasteiger partial charge in [-0.15, -0.1) is 11.3 Å². The molecule has 14 heteroatoms. The van der Waals surface area contributed by atoms with Crippen molar-refractivity contribution < 1.29 is 9.53 Å². The topological polar surface area (TPSA) is 145 Å². The van der Waals surface area contributed by atoms with Gasteiger partial charge in [-0.25, -0.2) is 9.78 Å². The second-order valence-corrected chi connectivity index (χ2v) is 13.3. The van der Waals surface area contributed by atoms with Crippen molar-refractivity contribution in [2.45, 2.75) is 37.4 Å². The summed E-state index contributed by atoms with van der Waals surface area (Å²) in [4.78, 5) is 64.2. The minimum atomic E-state index is -0.789. The quantitative estimate of drug-likeness (QED) is 0.165. The van der Waals surface area contributed by atoms with Crippen molar-refractivity contribution in [3.05, 3.63) is 107 Å². The van der Waals surface area contributed by atoms with E-state index < -0.39 is 17.2 Å². The summed E-state index contributed by atoms with van der Waals surface area (Å²) in [6.07, 6.45) is 3.82. The Morgan fingerprint density at radius 2 is 1.85 bits per heavy atom. The van der Waals surface area contributed by atoms with Crippen LogP contribution in [0.25, 0.3) is 15.9 Å². The standard InChI is InChI=1S/C32H31ClN6O5S2/c1-44-16-15-37(26-27(34)38(31(43)35-28(26)41)17-19-7-3-2-4-8-19)24(40)18-45-32-36-29-25(22-9-5-6-10-23(22)46-29)30(42)39(32)21-13-11-20(33)12-14-21/h2-4,7-8,11-14H,5-6,9-10,15-18,34H2,1H3,(H,35,41,43). The number of thioether (sulfide) groups is 1. The van der Waals surface area contributed by atoms with Gasteiger partial charge < -0.3 is 15.4 Å². The molecule has 0 fully saturated rings. The molecule has 5 aromatic rings. The Morgan fingerprint density at radius 1 is 1.11 bits per heavy atom. The van der Waals surface area contributed by atoms with E-state index in [0.29, 0.717) is 26.1 Å². The normalized spacial score (nSPS) is 12.7. The Balaban J connectivity index is 1.38. The van der Waals surface area contributed by atoms with Crippen LogP contribution in [0.4, 0.5) is 11.5 Å². The number of methoxy groups -OCH3 is 1. The van der Waals surface area contributed by atoms with Crippen LogP contribution in [0, 0.1) is 0 Å². The van der Waals surface area contributed by atoms with E-state index in [1.165, 1.54) is 37.4 Å². The molecule has 0 aliphatic heterocycles. The summed E-state index contributed by atoms with van der Waals surface area (Å²) in [6, 6.07) is 16.0. The maximum Gasteiger partial charge on any atom is 0.330 e. The van der Waals surface area contributed by atoms with E-state index in [-0.39, 0.29) is 42.5 Å². The highest BCUT2D eigenvalue weighted by Crippen LogP contribution is 2.35. The minimum absolute atomic E-state index is 0.000806. The third kappa shape index (κ3) is 6.27. The van der Waals surface area contributed by atoms with E-state index in [1.807, 2.05) is 30.3 Å². The van der Waals surface area contributed by atoms with Gasteiger partial charge in [0.05, 0.1) is 30.0 Å². The maximum absolute atomic E-state index is 14.1. The van der Waals surface area contributed by atoms with Crippen molar-refractivity contribution in [1.82, 2.24) is 19.1 Å². The molecule has 1 aliphatic rings. The number of amides is 1. The van der Waals surface area contributed by atoms with E-state index in [0.717, 1.165) is 48.6 Å². The van der Waals surface area contributed by atoms with E-state index in [4.69, 9.17) is 27.1 Å². The van der Waals surface area contributed by atoms with Crippen molar-refractivity contribution in [3.8, 4) is 5.69 Å². The number of nitrogens with zero attached hydrogens (tertiary/aromatic N) is 4. The Hall–Kier alpha value is -4.17. The molecule has 6 rings (SSSR count). The second kappa shape index (κ2) is 13.7. The van der Waals surface area contributed by atoms with Crippen LogP contribution in [0.1, 0.15) is 28.8 Å². The van der Waals surface area contributed by atoms with Crippen LogP contribution in [0.15, 0.2) is 74.1 Å². The number of hydrogen-bond acceptors (Lipinski definition) is 9. The minimum Gasteiger partial charge on any atom is -0.383 e.